The summed E-state index contributed by atoms with van der Waals surface area (Å²) in [5.74, 6) is -0.328. The molecule has 0 saturated heterocycles. The molecule has 1 aromatic rings. The molecule has 0 aliphatic rings. The van der Waals surface area contributed by atoms with Crippen molar-refractivity contribution in [2.45, 2.75) is 33.3 Å². The number of aliphatic hydroxyl groups excluding tert-OH is 1. The molecule has 1 unspecified atom stereocenters. The van der Waals surface area contributed by atoms with E-state index in [4.69, 9.17) is 17.3 Å². The third kappa shape index (κ3) is 5.09. The number of carbonyl (C=O) groups is 1. The van der Waals surface area contributed by atoms with E-state index in [9.17, 15) is 9.90 Å². The van der Waals surface area contributed by atoms with Gasteiger partial charge in [0.15, 0.2) is 0 Å². The highest BCUT2D eigenvalue weighted by atomic mass is 35.5. The summed E-state index contributed by atoms with van der Waals surface area (Å²) in [7, 11) is 0. The predicted octanol–water partition coefficient (Wildman–Crippen LogP) is 2.45. The number of hydrogen-bond donors (Lipinski definition) is 3. The third-order valence-electron chi connectivity index (χ3n) is 2.62. The molecule has 0 saturated carbocycles. The first-order valence-electron chi connectivity index (χ1n) is 6.21. The lowest BCUT2D eigenvalue weighted by atomic mass is 9.89. The Morgan fingerprint density at radius 1 is 1.47 bits per heavy atom. The molecule has 1 rings (SSSR count). The van der Waals surface area contributed by atoms with E-state index in [2.05, 4.69) is 5.32 Å². The number of nitrogen functional groups attached to an aromatic ring is 1. The van der Waals surface area contributed by atoms with Crippen molar-refractivity contribution in [1.82, 2.24) is 5.32 Å². The zero-order valence-electron chi connectivity index (χ0n) is 11.5. The Hall–Kier alpha value is -1.26. The van der Waals surface area contributed by atoms with E-state index in [0.29, 0.717) is 17.7 Å². The molecule has 0 aliphatic carbocycles. The molecule has 4 nitrogen and oxygen atoms in total. The predicted molar refractivity (Wildman–Crippen MR) is 78.3 cm³/mol. The number of halogens is 1. The largest absolute Gasteiger partial charge is 0.398 e. The third-order valence-corrected chi connectivity index (χ3v) is 3.04. The zero-order valence-corrected chi connectivity index (χ0v) is 12.3. The van der Waals surface area contributed by atoms with E-state index in [-0.39, 0.29) is 22.9 Å². The summed E-state index contributed by atoms with van der Waals surface area (Å²) in [5, 5.41) is 12.7. The lowest BCUT2D eigenvalue weighted by molar-refractivity contribution is 0.0869. The molecule has 0 aromatic heterocycles. The highest BCUT2D eigenvalue weighted by Crippen LogP contribution is 2.23. The summed E-state index contributed by atoms with van der Waals surface area (Å²) in [4.78, 5) is 11.9. The van der Waals surface area contributed by atoms with E-state index in [1.165, 1.54) is 0 Å². The number of benzene rings is 1. The van der Waals surface area contributed by atoms with Gasteiger partial charge in [-0.3, -0.25) is 4.79 Å². The van der Waals surface area contributed by atoms with Gasteiger partial charge in [0.05, 0.1) is 22.4 Å². The highest BCUT2D eigenvalue weighted by Gasteiger charge is 2.18. The molecule has 0 radical (unpaired) electrons. The molecule has 1 amide bonds. The first-order chi connectivity index (χ1) is 8.70. The Bertz CT molecular complexity index is 455. The van der Waals surface area contributed by atoms with Crippen LogP contribution in [0.2, 0.25) is 5.02 Å². The number of rotatable bonds is 4. The second-order valence-corrected chi connectivity index (χ2v) is 6.22. The second-order valence-electron chi connectivity index (χ2n) is 5.84. The number of aliphatic hydroxyl groups is 1. The molecule has 0 fully saturated rings. The summed E-state index contributed by atoms with van der Waals surface area (Å²) in [6.45, 7) is 6.30. The molecule has 0 heterocycles. The molecule has 0 bridgehead atoms. The summed E-state index contributed by atoms with van der Waals surface area (Å²) in [6, 6.07) is 4.90. The minimum absolute atomic E-state index is 0.0129. The van der Waals surface area contributed by atoms with E-state index in [1.807, 2.05) is 20.8 Å². The van der Waals surface area contributed by atoms with Crippen LogP contribution in [0.15, 0.2) is 18.2 Å². The van der Waals surface area contributed by atoms with E-state index >= 15 is 0 Å². The Balaban J connectivity index is 2.59. The van der Waals surface area contributed by atoms with Crippen LogP contribution in [0, 0.1) is 5.41 Å². The Morgan fingerprint density at radius 2 is 2.11 bits per heavy atom. The highest BCUT2D eigenvalue weighted by molar-refractivity contribution is 6.36. The minimum atomic E-state index is -0.580. The smallest absolute Gasteiger partial charge is 0.252 e. The second kappa shape index (κ2) is 6.26. The fourth-order valence-corrected chi connectivity index (χ4v) is 2.02. The lowest BCUT2D eigenvalue weighted by Gasteiger charge is -2.22. The number of nitrogens with one attached hydrogen (secondary N) is 1. The average Bonchev–Trinajstić information content (AvgIpc) is 2.27. The van der Waals surface area contributed by atoms with Crippen molar-refractivity contribution in [3.63, 3.8) is 0 Å². The Kier molecular flexibility index (Phi) is 5.20. The van der Waals surface area contributed by atoms with Gasteiger partial charge in [0.2, 0.25) is 0 Å². The fourth-order valence-electron chi connectivity index (χ4n) is 1.81. The monoisotopic (exact) mass is 284 g/mol. The van der Waals surface area contributed by atoms with E-state index in [1.54, 1.807) is 18.2 Å². The van der Waals surface area contributed by atoms with Crippen LogP contribution in [0.25, 0.3) is 0 Å². The number of carbonyl (C=O) groups excluding carboxylic acids is 1. The van der Waals surface area contributed by atoms with Crippen LogP contribution in [0.4, 0.5) is 5.69 Å². The van der Waals surface area contributed by atoms with Crippen LogP contribution in [0.1, 0.15) is 37.6 Å². The maximum absolute atomic E-state index is 11.9. The van der Waals surface area contributed by atoms with E-state index < -0.39 is 6.10 Å². The summed E-state index contributed by atoms with van der Waals surface area (Å²) in [6.07, 6.45) is 0.0292. The van der Waals surface area contributed by atoms with Crippen LogP contribution >= 0.6 is 11.6 Å². The molecular formula is C14H21ClN2O2. The lowest BCUT2D eigenvalue weighted by Crippen LogP contribution is -2.34. The van der Waals surface area contributed by atoms with Gasteiger partial charge in [-0.25, -0.2) is 0 Å². The fraction of sp³-hybridized carbons (Fsp3) is 0.500. The van der Waals surface area contributed by atoms with Crippen LogP contribution in [-0.4, -0.2) is 23.7 Å². The van der Waals surface area contributed by atoms with Crippen LogP contribution in [0.5, 0.6) is 0 Å². The quantitative estimate of drug-likeness (QED) is 0.744. The first-order valence-corrected chi connectivity index (χ1v) is 6.59. The van der Waals surface area contributed by atoms with Crippen LogP contribution in [-0.2, 0) is 0 Å². The molecule has 0 aliphatic heterocycles. The summed E-state index contributed by atoms with van der Waals surface area (Å²) < 4.78 is 0. The Morgan fingerprint density at radius 3 is 2.68 bits per heavy atom. The van der Waals surface area contributed by atoms with Gasteiger partial charge in [-0.1, -0.05) is 38.4 Å². The molecular weight excluding hydrogens is 264 g/mol. The number of nitrogens with two attached hydrogens (primary N) is 1. The van der Waals surface area contributed by atoms with Gasteiger partial charge in [0, 0.05) is 6.54 Å². The normalized spacial score (nSPS) is 13.1. The SMILES string of the molecule is CC(C)(C)CC(O)CNC(=O)c1cccc(N)c1Cl. The summed E-state index contributed by atoms with van der Waals surface area (Å²) in [5.41, 5.74) is 6.34. The number of amides is 1. The standard InChI is InChI=1S/C14H21ClN2O2/c1-14(2,3)7-9(18)8-17-13(19)10-5-4-6-11(16)12(10)15/h4-6,9,18H,7-8,16H2,1-3H3,(H,17,19). The van der Waals surface area contributed by atoms with Gasteiger partial charge in [-0.15, -0.1) is 0 Å². The average molecular weight is 285 g/mol. The van der Waals surface area contributed by atoms with Crippen molar-refractivity contribution in [1.29, 1.82) is 0 Å². The molecule has 1 aromatic carbocycles. The molecule has 1 atom stereocenters. The summed E-state index contributed by atoms with van der Waals surface area (Å²) >= 11 is 5.96. The molecule has 106 valence electrons. The van der Waals surface area contributed by atoms with Gasteiger partial charge in [-0.2, -0.15) is 0 Å². The van der Waals surface area contributed by atoms with Crippen molar-refractivity contribution in [2.75, 3.05) is 12.3 Å². The topological polar surface area (TPSA) is 75.3 Å². The van der Waals surface area contributed by atoms with E-state index in [0.717, 1.165) is 0 Å². The van der Waals surface area contributed by atoms with Crippen LogP contribution < -0.4 is 11.1 Å². The molecule has 4 N–H and O–H groups in total. The number of hydrogen-bond acceptors (Lipinski definition) is 3. The number of anilines is 1. The van der Waals surface area contributed by atoms with Crippen LogP contribution in [0.3, 0.4) is 0 Å². The van der Waals surface area contributed by atoms with Gasteiger partial charge < -0.3 is 16.2 Å². The van der Waals surface area contributed by atoms with Crippen molar-refractivity contribution >= 4 is 23.2 Å². The van der Waals surface area contributed by atoms with Gasteiger partial charge in [0.25, 0.3) is 5.91 Å². The first kappa shape index (κ1) is 15.8. The van der Waals surface area contributed by atoms with Crippen molar-refractivity contribution in [3.05, 3.63) is 28.8 Å². The van der Waals surface area contributed by atoms with Gasteiger partial charge in [-0.05, 0) is 24.0 Å². The van der Waals surface area contributed by atoms with Gasteiger partial charge in [0.1, 0.15) is 0 Å². The Labute approximate surface area is 118 Å². The van der Waals surface area contributed by atoms with Crippen molar-refractivity contribution in [2.24, 2.45) is 5.41 Å². The molecule has 0 spiro atoms. The maximum Gasteiger partial charge on any atom is 0.252 e. The minimum Gasteiger partial charge on any atom is -0.398 e. The zero-order chi connectivity index (χ0) is 14.6. The van der Waals surface area contributed by atoms with Crippen molar-refractivity contribution < 1.29 is 9.90 Å². The molecule has 5 heteroatoms. The molecule has 19 heavy (non-hydrogen) atoms. The van der Waals surface area contributed by atoms with Crippen molar-refractivity contribution in [3.8, 4) is 0 Å². The van der Waals surface area contributed by atoms with Gasteiger partial charge >= 0.3 is 0 Å². The maximum atomic E-state index is 11.9.